The summed E-state index contributed by atoms with van der Waals surface area (Å²) in [5, 5.41) is 2.67. The van der Waals surface area contributed by atoms with Gasteiger partial charge in [0.05, 0.1) is 19.2 Å². The summed E-state index contributed by atoms with van der Waals surface area (Å²) in [4.78, 5) is 17.6. The highest BCUT2D eigenvalue weighted by Gasteiger charge is 2.27. The first-order chi connectivity index (χ1) is 16.5. The van der Waals surface area contributed by atoms with Crippen LogP contribution >= 0.6 is 12.8 Å². The Kier molecular flexibility index (Phi) is 5.67. The van der Waals surface area contributed by atoms with E-state index in [1.165, 1.54) is 19.2 Å². The van der Waals surface area contributed by atoms with Crippen molar-refractivity contribution in [3.8, 4) is 17.0 Å². The number of pyridine rings is 1. The molecule has 0 fully saturated rings. The van der Waals surface area contributed by atoms with Crippen LogP contribution < -0.4 is 9.46 Å². The van der Waals surface area contributed by atoms with Gasteiger partial charge < -0.3 is 9.30 Å². The van der Waals surface area contributed by atoms with Crippen molar-refractivity contribution in [3.05, 3.63) is 95.8 Å². The Morgan fingerprint density at radius 2 is 1.91 bits per heavy atom. The summed E-state index contributed by atoms with van der Waals surface area (Å²) in [6.45, 7) is 0.0000618. The molecule has 0 aliphatic carbocycles. The van der Waals surface area contributed by atoms with E-state index in [2.05, 4.69) is 22.5 Å². The van der Waals surface area contributed by atoms with Crippen molar-refractivity contribution in [2.45, 2.75) is 6.54 Å². The molecule has 8 heteroatoms. The molecule has 0 saturated heterocycles. The van der Waals surface area contributed by atoms with Crippen LogP contribution in [0.1, 0.15) is 16.1 Å². The second-order valence-electron chi connectivity index (χ2n) is 7.73. The predicted molar refractivity (Wildman–Crippen MR) is 131 cm³/mol. The van der Waals surface area contributed by atoms with Gasteiger partial charge in [-0.25, -0.2) is 13.8 Å². The lowest BCUT2D eigenvalue weighted by Crippen LogP contribution is -2.19. The first-order valence-corrected chi connectivity index (χ1v) is 10.9. The number of thiol groups is 1. The van der Waals surface area contributed by atoms with E-state index in [9.17, 15) is 13.6 Å². The van der Waals surface area contributed by atoms with E-state index in [0.29, 0.717) is 22.5 Å². The number of halogens is 2. The van der Waals surface area contributed by atoms with Crippen molar-refractivity contribution in [1.29, 1.82) is 0 Å². The fourth-order valence-electron chi connectivity index (χ4n) is 4.40. The van der Waals surface area contributed by atoms with Gasteiger partial charge in [0.2, 0.25) is 5.88 Å². The summed E-state index contributed by atoms with van der Waals surface area (Å²) in [6, 6.07) is 18.6. The number of benzene rings is 3. The summed E-state index contributed by atoms with van der Waals surface area (Å²) >= 11 is 4.01. The fraction of sp³-hybridized carbons (Fsp3) is 0.0769. The lowest BCUT2D eigenvalue weighted by molar-refractivity contribution is 0.0977. The highest BCUT2D eigenvalue weighted by atomic mass is 32.1. The molecule has 5 rings (SSSR count). The molecule has 0 spiro atoms. The molecule has 34 heavy (non-hydrogen) atoms. The number of amides is 1. The summed E-state index contributed by atoms with van der Waals surface area (Å²) in [5.74, 6) is -1.50. The van der Waals surface area contributed by atoms with Crippen LogP contribution in [0.15, 0.2) is 72.9 Å². The van der Waals surface area contributed by atoms with Crippen LogP contribution in [0.5, 0.6) is 5.88 Å². The third-order valence-electron chi connectivity index (χ3n) is 5.85. The van der Waals surface area contributed by atoms with Gasteiger partial charge in [-0.1, -0.05) is 49.2 Å². The van der Waals surface area contributed by atoms with E-state index >= 15 is 0 Å². The van der Waals surface area contributed by atoms with Crippen LogP contribution in [0.3, 0.4) is 0 Å². The Morgan fingerprint density at radius 3 is 2.68 bits per heavy atom. The highest BCUT2D eigenvalue weighted by Crippen LogP contribution is 2.42. The summed E-state index contributed by atoms with van der Waals surface area (Å²) in [7, 11) is 1.51. The molecule has 1 amide bonds. The number of hydrogen-bond donors (Lipinski definition) is 2. The third-order valence-corrected chi connectivity index (χ3v) is 6.05. The zero-order valence-corrected chi connectivity index (χ0v) is 18.9. The highest BCUT2D eigenvalue weighted by molar-refractivity contribution is 7.78. The Balaban J connectivity index is 1.93. The molecule has 2 aromatic heterocycles. The molecule has 0 saturated carbocycles. The minimum atomic E-state index is -0.694. The molecule has 1 N–H and O–H groups in total. The topological polar surface area (TPSA) is 56.1 Å². The van der Waals surface area contributed by atoms with Crippen molar-refractivity contribution in [3.63, 3.8) is 0 Å². The molecule has 3 aromatic carbocycles. The maximum absolute atomic E-state index is 14.7. The van der Waals surface area contributed by atoms with Crippen LogP contribution in [0, 0.1) is 11.6 Å². The van der Waals surface area contributed by atoms with E-state index in [1.807, 2.05) is 42.5 Å². The molecule has 0 unspecified atom stereocenters. The van der Waals surface area contributed by atoms with Crippen molar-refractivity contribution in [2.75, 3.05) is 7.11 Å². The molecule has 0 radical (unpaired) electrons. The lowest BCUT2D eigenvalue weighted by atomic mass is 9.98. The first-order valence-electron chi connectivity index (χ1n) is 10.4. The minimum absolute atomic E-state index is 0.0000618. The standard InChI is InChI=1S/C26H19F2N3O2S/c1-33-26-19(7-4-12-29-26)23-22-18-6-3-2-5-15(18)9-11-21(22)31(24(23)25(32)30-34)14-16-8-10-17(27)13-20(16)28/h2-13,34H,14H2,1H3,(H,30,32). The number of ether oxygens (including phenoxy) is 1. The molecule has 0 aliphatic rings. The molecule has 170 valence electrons. The van der Waals surface area contributed by atoms with Gasteiger partial charge in [-0.3, -0.25) is 9.52 Å². The molecular formula is C26H19F2N3O2S. The van der Waals surface area contributed by atoms with Crippen LogP contribution in [-0.2, 0) is 6.54 Å². The average molecular weight is 476 g/mol. The number of methoxy groups -OCH3 is 1. The number of nitrogens with one attached hydrogen (secondary N) is 1. The minimum Gasteiger partial charge on any atom is -0.481 e. The van der Waals surface area contributed by atoms with Gasteiger partial charge in [0.15, 0.2) is 0 Å². The molecule has 0 atom stereocenters. The van der Waals surface area contributed by atoms with E-state index in [1.54, 1.807) is 16.8 Å². The average Bonchev–Trinajstić information content (AvgIpc) is 3.19. The number of nitrogens with zero attached hydrogens (tertiary/aromatic N) is 2. The van der Waals surface area contributed by atoms with Gasteiger partial charge in [0, 0.05) is 34.3 Å². The number of aromatic nitrogens is 2. The first kappa shape index (κ1) is 21.9. The van der Waals surface area contributed by atoms with Crippen molar-refractivity contribution >= 4 is 40.4 Å². The zero-order chi connectivity index (χ0) is 23.8. The molecule has 0 aliphatic heterocycles. The predicted octanol–water partition coefficient (Wildman–Crippen LogP) is 5.77. The summed E-state index contributed by atoms with van der Waals surface area (Å²) < 4.78 is 37.8. The van der Waals surface area contributed by atoms with Crippen LogP contribution in [0.2, 0.25) is 0 Å². The van der Waals surface area contributed by atoms with Gasteiger partial charge in [-0.2, -0.15) is 0 Å². The number of rotatable bonds is 5. The molecule has 2 heterocycles. The fourth-order valence-corrected chi connectivity index (χ4v) is 4.51. The number of fused-ring (bicyclic) bond motifs is 3. The van der Waals surface area contributed by atoms with E-state index in [4.69, 9.17) is 4.74 Å². The molecule has 5 nitrogen and oxygen atoms in total. The van der Waals surface area contributed by atoms with Gasteiger partial charge in [0.25, 0.3) is 5.91 Å². The van der Waals surface area contributed by atoms with Crippen LogP contribution in [0.4, 0.5) is 8.78 Å². The SMILES string of the molecule is COc1ncccc1-c1c(C(=O)NS)n(Cc2ccc(F)cc2F)c2ccc3ccccc3c12. The second-order valence-corrected chi connectivity index (χ2v) is 7.95. The van der Waals surface area contributed by atoms with Crippen LogP contribution in [0.25, 0.3) is 32.8 Å². The zero-order valence-electron chi connectivity index (χ0n) is 18.0. The van der Waals surface area contributed by atoms with Gasteiger partial charge in [-0.05, 0) is 35.0 Å². The van der Waals surface area contributed by atoms with Crippen molar-refractivity contribution in [1.82, 2.24) is 14.3 Å². The molecular weight excluding hydrogens is 456 g/mol. The Hall–Kier alpha value is -3.91. The van der Waals surface area contributed by atoms with E-state index in [-0.39, 0.29) is 17.8 Å². The Bertz CT molecular complexity index is 1570. The normalized spacial score (nSPS) is 11.2. The quantitative estimate of drug-likeness (QED) is 0.318. The maximum Gasteiger partial charge on any atom is 0.278 e. The summed E-state index contributed by atoms with van der Waals surface area (Å²) in [6.07, 6.45) is 1.60. The van der Waals surface area contributed by atoms with Crippen LogP contribution in [-0.4, -0.2) is 22.6 Å². The molecule has 0 bridgehead atoms. The van der Waals surface area contributed by atoms with Gasteiger partial charge in [0.1, 0.15) is 17.3 Å². The number of carbonyl (C=O) groups excluding carboxylic acids is 1. The lowest BCUT2D eigenvalue weighted by Gasteiger charge is -2.13. The number of hydrogen-bond acceptors (Lipinski definition) is 4. The summed E-state index contributed by atoms with van der Waals surface area (Å²) in [5.41, 5.74) is 2.40. The van der Waals surface area contributed by atoms with E-state index < -0.39 is 17.5 Å². The smallest absolute Gasteiger partial charge is 0.278 e. The maximum atomic E-state index is 14.7. The number of carbonyl (C=O) groups is 1. The van der Waals surface area contributed by atoms with E-state index in [0.717, 1.165) is 22.2 Å². The largest absolute Gasteiger partial charge is 0.481 e. The Labute approximate surface area is 199 Å². The van der Waals surface area contributed by atoms with Gasteiger partial charge in [-0.15, -0.1) is 0 Å². The molecule has 5 aromatic rings. The second kappa shape index (κ2) is 8.79. The Morgan fingerprint density at radius 1 is 1.09 bits per heavy atom. The van der Waals surface area contributed by atoms with Gasteiger partial charge >= 0.3 is 0 Å². The third kappa shape index (κ3) is 3.56. The van der Waals surface area contributed by atoms with Crippen molar-refractivity contribution < 1.29 is 18.3 Å². The monoisotopic (exact) mass is 475 g/mol. The van der Waals surface area contributed by atoms with Crippen molar-refractivity contribution in [2.24, 2.45) is 0 Å².